The highest BCUT2D eigenvalue weighted by molar-refractivity contribution is 6.18. The molecule has 3 heteroatoms. The molecule has 1 amide bonds. The number of amides is 1. The molecule has 0 aliphatic carbocycles. The molecule has 1 rings (SSSR count). The first-order valence-electron chi connectivity index (χ1n) is 5.54. The minimum Gasteiger partial charge on any atom is -0.336 e. The van der Waals surface area contributed by atoms with E-state index in [2.05, 4.69) is 0 Å². The summed E-state index contributed by atoms with van der Waals surface area (Å²) in [5.41, 5.74) is 1.15. The van der Waals surface area contributed by atoms with Crippen molar-refractivity contribution in [2.75, 3.05) is 5.88 Å². The topological polar surface area (TPSA) is 20.3 Å². The van der Waals surface area contributed by atoms with Gasteiger partial charge in [0.1, 0.15) is 0 Å². The minimum absolute atomic E-state index is 0.119. The van der Waals surface area contributed by atoms with Gasteiger partial charge in [0.15, 0.2) is 0 Å². The SMILES string of the molecule is CC(C)N(Cc1ccccc1)C(=O)CCCl. The summed E-state index contributed by atoms with van der Waals surface area (Å²) in [4.78, 5) is 13.7. The highest BCUT2D eigenvalue weighted by Crippen LogP contribution is 2.10. The third kappa shape index (κ3) is 3.86. The maximum absolute atomic E-state index is 11.8. The first-order valence-corrected chi connectivity index (χ1v) is 6.08. The summed E-state index contributed by atoms with van der Waals surface area (Å²) in [6, 6.07) is 10.2. The largest absolute Gasteiger partial charge is 0.336 e. The lowest BCUT2D eigenvalue weighted by Gasteiger charge is -2.26. The van der Waals surface area contributed by atoms with Crippen molar-refractivity contribution in [3.63, 3.8) is 0 Å². The lowest BCUT2D eigenvalue weighted by Crippen LogP contribution is -2.36. The van der Waals surface area contributed by atoms with E-state index in [9.17, 15) is 4.79 Å². The molecule has 2 nitrogen and oxygen atoms in total. The molecule has 0 atom stereocenters. The van der Waals surface area contributed by atoms with E-state index in [4.69, 9.17) is 11.6 Å². The Labute approximate surface area is 102 Å². The molecule has 0 radical (unpaired) electrons. The average molecular weight is 240 g/mol. The summed E-state index contributed by atoms with van der Waals surface area (Å²) in [5.74, 6) is 0.505. The molecule has 0 N–H and O–H groups in total. The fraction of sp³-hybridized carbons (Fsp3) is 0.462. The third-order valence-corrected chi connectivity index (χ3v) is 2.64. The molecular weight excluding hydrogens is 222 g/mol. The molecule has 16 heavy (non-hydrogen) atoms. The summed E-state index contributed by atoms with van der Waals surface area (Å²) < 4.78 is 0. The predicted octanol–water partition coefficient (Wildman–Crippen LogP) is 3.05. The van der Waals surface area contributed by atoms with Crippen molar-refractivity contribution in [3.05, 3.63) is 35.9 Å². The molecule has 0 unspecified atom stereocenters. The van der Waals surface area contributed by atoms with E-state index in [-0.39, 0.29) is 11.9 Å². The molecule has 0 fully saturated rings. The summed E-state index contributed by atoms with van der Waals surface area (Å²) in [7, 11) is 0. The zero-order chi connectivity index (χ0) is 12.0. The van der Waals surface area contributed by atoms with E-state index in [1.165, 1.54) is 0 Å². The molecule has 1 aromatic rings. The van der Waals surface area contributed by atoms with Gasteiger partial charge >= 0.3 is 0 Å². The lowest BCUT2D eigenvalue weighted by molar-refractivity contribution is -0.133. The molecule has 1 aromatic carbocycles. The highest BCUT2D eigenvalue weighted by atomic mass is 35.5. The van der Waals surface area contributed by atoms with Gasteiger partial charge in [0.05, 0.1) is 0 Å². The van der Waals surface area contributed by atoms with Gasteiger partial charge < -0.3 is 4.90 Å². The van der Waals surface area contributed by atoms with Gasteiger partial charge in [-0.25, -0.2) is 0 Å². The Bertz CT molecular complexity index is 324. The van der Waals surface area contributed by atoms with Crippen molar-refractivity contribution in [2.24, 2.45) is 0 Å². The Morgan fingerprint density at radius 3 is 2.44 bits per heavy atom. The van der Waals surface area contributed by atoms with Gasteiger partial charge in [-0.2, -0.15) is 0 Å². The van der Waals surface area contributed by atoms with Crippen LogP contribution in [0.1, 0.15) is 25.8 Å². The van der Waals surface area contributed by atoms with Crippen LogP contribution in [0.2, 0.25) is 0 Å². The van der Waals surface area contributed by atoms with Crippen LogP contribution in [0.25, 0.3) is 0 Å². The number of hydrogen-bond donors (Lipinski definition) is 0. The van der Waals surface area contributed by atoms with E-state index in [0.717, 1.165) is 5.56 Å². The zero-order valence-electron chi connectivity index (χ0n) is 9.82. The van der Waals surface area contributed by atoms with Gasteiger partial charge in [0.25, 0.3) is 0 Å². The van der Waals surface area contributed by atoms with Crippen LogP contribution in [0.15, 0.2) is 30.3 Å². The fourth-order valence-corrected chi connectivity index (χ4v) is 1.72. The summed E-state index contributed by atoms with van der Waals surface area (Å²) >= 11 is 5.60. The molecule has 0 heterocycles. The van der Waals surface area contributed by atoms with Crippen molar-refractivity contribution < 1.29 is 4.79 Å². The quantitative estimate of drug-likeness (QED) is 0.724. The maximum Gasteiger partial charge on any atom is 0.224 e. The molecule has 0 spiro atoms. The van der Waals surface area contributed by atoms with Crippen molar-refractivity contribution in [1.29, 1.82) is 0 Å². The Morgan fingerprint density at radius 1 is 1.31 bits per heavy atom. The molecule has 0 bridgehead atoms. The smallest absolute Gasteiger partial charge is 0.224 e. The van der Waals surface area contributed by atoms with Gasteiger partial charge in [0, 0.05) is 24.9 Å². The van der Waals surface area contributed by atoms with Gasteiger partial charge in [-0.1, -0.05) is 30.3 Å². The van der Waals surface area contributed by atoms with Crippen molar-refractivity contribution in [2.45, 2.75) is 32.9 Å². The number of nitrogens with zero attached hydrogens (tertiary/aromatic N) is 1. The van der Waals surface area contributed by atoms with E-state index >= 15 is 0 Å². The van der Waals surface area contributed by atoms with Gasteiger partial charge in [-0.3, -0.25) is 4.79 Å². The summed E-state index contributed by atoms with van der Waals surface area (Å²) in [5, 5.41) is 0. The van der Waals surface area contributed by atoms with Crippen LogP contribution in [0, 0.1) is 0 Å². The molecule has 0 aliphatic heterocycles. The van der Waals surface area contributed by atoms with E-state index in [0.29, 0.717) is 18.8 Å². The molecule has 88 valence electrons. The monoisotopic (exact) mass is 239 g/mol. The molecule has 0 saturated carbocycles. The average Bonchev–Trinajstić information content (AvgIpc) is 2.27. The van der Waals surface area contributed by atoms with Crippen molar-refractivity contribution in [3.8, 4) is 0 Å². The molecule has 0 saturated heterocycles. The molecule has 0 aromatic heterocycles. The fourth-order valence-electron chi connectivity index (χ4n) is 1.56. The van der Waals surface area contributed by atoms with Crippen LogP contribution in [0.3, 0.4) is 0 Å². The van der Waals surface area contributed by atoms with Crippen molar-refractivity contribution in [1.82, 2.24) is 4.90 Å². The Morgan fingerprint density at radius 2 is 1.94 bits per heavy atom. The second-order valence-electron chi connectivity index (χ2n) is 4.04. The number of carbonyl (C=O) groups is 1. The summed E-state index contributed by atoms with van der Waals surface area (Å²) in [6.07, 6.45) is 0.409. The first kappa shape index (κ1) is 13.0. The van der Waals surface area contributed by atoms with Crippen LogP contribution in [0.5, 0.6) is 0 Å². The van der Waals surface area contributed by atoms with E-state index in [1.807, 2.05) is 49.1 Å². The van der Waals surface area contributed by atoms with Crippen LogP contribution in [0.4, 0.5) is 0 Å². The number of carbonyl (C=O) groups excluding carboxylic acids is 1. The van der Waals surface area contributed by atoms with Crippen molar-refractivity contribution >= 4 is 17.5 Å². The zero-order valence-corrected chi connectivity index (χ0v) is 10.6. The first-order chi connectivity index (χ1) is 7.65. The van der Waals surface area contributed by atoms with Gasteiger partial charge in [0.2, 0.25) is 5.91 Å². The van der Waals surface area contributed by atoms with Gasteiger partial charge in [-0.05, 0) is 19.4 Å². The second kappa shape index (κ2) is 6.54. The highest BCUT2D eigenvalue weighted by Gasteiger charge is 2.16. The normalized spacial score (nSPS) is 10.5. The summed E-state index contributed by atoms with van der Waals surface area (Å²) in [6.45, 7) is 4.71. The minimum atomic E-state index is 0.119. The van der Waals surface area contributed by atoms with Crippen LogP contribution in [-0.4, -0.2) is 22.7 Å². The number of halogens is 1. The third-order valence-electron chi connectivity index (χ3n) is 2.45. The standard InChI is InChI=1S/C13H18ClNO/c1-11(2)15(13(16)8-9-14)10-12-6-4-3-5-7-12/h3-7,11H,8-10H2,1-2H3. The van der Waals surface area contributed by atoms with Crippen LogP contribution in [-0.2, 0) is 11.3 Å². The number of rotatable bonds is 5. The van der Waals surface area contributed by atoms with E-state index < -0.39 is 0 Å². The number of alkyl halides is 1. The maximum atomic E-state index is 11.8. The number of benzene rings is 1. The Balaban J connectivity index is 2.69. The second-order valence-corrected chi connectivity index (χ2v) is 4.42. The Hall–Kier alpha value is -1.02. The number of hydrogen-bond acceptors (Lipinski definition) is 1. The van der Waals surface area contributed by atoms with Crippen LogP contribution >= 0.6 is 11.6 Å². The molecule has 0 aliphatic rings. The predicted molar refractivity (Wildman–Crippen MR) is 67.5 cm³/mol. The van der Waals surface area contributed by atoms with Gasteiger partial charge in [-0.15, -0.1) is 11.6 Å². The van der Waals surface area contributed by atoms with Crippen LogP contribution < -0.4 is 0 Å². The molecular formula is C13H18ClNO. The lowest BCUT2D eigenvalue weighted by atomic mass is 10.2. The van der Waals surface area contributed by atoms with E-state index in [1.54, 1.807) is 0 Å². The Kier molecular flexibility index (Phi) is 5.33.